The number of likely N-dealkylation sites (tertiary alicyclic amines) is 1. The molecule has 0 unspecified atom stereocenters. The summed E-state index contributed by atoms with van der Waals surface area (Å²) in [6.45, 7) is 0.625. The highest BCUT2D eigenvalue weighted by atomic mass is 35.5. The smallest absolute Gasteiger partial charge is 0.286 e. The molecule has 2 aromatic carbocycles. The average Bonchev–Trinajstić information content (AvgIpc) is 3.37. The van der Waals surface area contributed by atoms with Gasteiger partial charge in [-0.05, 0) is 49.2 Å². The summed E-state index contributed by atoms with van der Waals surface area (Å²) in [7, 11) is 0. The molecule has 0 saturated carbocycles. The molecule has 1 aromatic heterocycles. The molecule has 9 heteroatoms. The molecule has 0 aliphatic carbocycles. The number of amides is 2. The second-order valence-electron chi connectivity index (χ2n) is 6.58. The normalized spacial score (nSPS) is 16.1. The molecule has 2 amide bonds. The standard InChI is InChI=1S/C20H16Cl2N4O2S/c21-13-5-1-4-12(10-13)20(28)26-9-3-8-16(26)18-24-25-19(29-18)17(27)23-15-7-2-6-14(22)11-15/h1-2,4-7,10-11,16H,3,8-9H2,(H,23,27)/t16-/m0/s1. The maximum absolute atomic E-state index is 12.9. The molecule has 29 heavy (non-hydrogen) atoms. The lowest BCUT2D eigenvalue weighted by Crippen LogP contribution is -2.30. The summed E-state index contributed by atoms with van der Waals surface area (Å²) in [5.41, 5.74) is 1.12. The molecular weight excluding hydrogens is 431 g/mol. The summed E-state index contributed by atoms with van der Waals surface area (Å²) in [6.07, 6.45) is 1.64. The number of carbonyl (C=O) groups excluding carboxylic acids is 2. The molecule has 1 aliphatic rings. The Morgan fingerprint density at radius 1 is 1.07 bits per heavy atom. The molecule has 0 bridgehead atoms. The van der Waals surface area contributed by atoms with Crippen LogP contribution in [0.4, 0.5) is 5.69 Å². The first-order valence-electron chi connectivity index (χ1n) is 8.98. The zero-order chi connectivity index (χ0) is 20.4. The fourth-order valence-electron chi connectivity index (χ4n) is 3.27. The van der Waals surface area contributed by atoms with Gasteiger partial charge in [-0.15, -0.1) is 10.2 Å². The lowest BCUT2D eigenvalue weighted by Gasteiger charge is -2.22. The number of nitrogens with one attached hydrogen (secondary N) is 1. The summed E-state index contributed by atoms with van der Waals surface area (Å²) in [5, 5.41) is 12.9. The Kier molecular flexibility index (Phi) is 5.80. The molecule has 1 atom stereocenters. The third-order valence-electron chi connectivity index (χ3n) is 4.59. The van der Waals surface area contributed by atoms with Crippen LogP contribution in [0.3, 0.4) is 0 Å². The summed E-state index contributed by atoms with van der Waals surface area (Å²) < 4.78 is 0. The van der Waals surface area contributed by atoms with Crippen LogP contribution in [0.2, 0.25) is 10.0 Å². The Labute approximate surface area is 181 Å². The van der Waals surface area contributed by atoms with Crippen LogP contribution in [0.15, 0.2) is 48.5 Å². The van der Waals surface area contributed by atoms with Crippen LogP contribution in [0.1, 0.15) is 44.1 Å². The SMILES string of the molecule is O=C(Nc1cccc(Cl)c1)c1nnc([C@@H]2CCCN2C(=O)c2cccc(Cl)c2)s1. The molecule has 1 aliphatic heterocycles. The van der Waals surface area contributed by atoms with Crippen molar-refractivity contribution in [1.82, 2.24) is 15.1 Å². The van der Waals surface area contributed by atoms with E-state index in [0.29, 0.717) is 32.8 Å². The highest BCUT2D eigenvalue weighted by Crippen LogP contribution is 2.35. The van der Waals surface area contributed by atoms with Crippen molar-refractivity contribution in [3.05, 3.63) is 74.2 Å². The van der Waals surface area contributed by atoms with Crippen molar-refractivity contribution in [3.8, 4) is 0 Å². The topological polar surface area (TPSA) is 75.2 Å². The number of benzene rings is 2. The second-order valence-corrected chi connectivity index (χ2v) is 8.46. The number of halogens is 2. The van der Waals surface area contributed by atoms with Crippen molar-refractivity contribution >= 4 is 52.0 Å². The minimum atomic E-state index is -0.360. The number of anilines is 1. The van der Waals surface area contributed by atoms with Gasteiger partial charge in [0.1, 0.15) is 5.01 Å². The third kappa shape index (κ3) is 4.42. The van der Waals surface area contributed by atoms with Gasteiger partial charge in [-0.2, -0.15) is 0 Å². The minimum absolute atomic E-state index is 0.102. The molecular formula is C20H16Cl2N4O2S. The minimum Gasteiger partial charge on any atom is -0.329 e. The number of rotatable bonds is 4. The highest BCUT2D eigenvalue weighted by Gasteiger charge is 2.33. The van der Waals surface area contributed by atoms with Crippen LogP contribution in [-0.4, -0.2) is 33.5 Å². The van der Waals surface area contributed by atoms with Crippen molar-refractivity contribution in [2.24, 2.45) is 0 Å². The molecule has 0 radical (unpaired) electrons. The van der Waals surface area contributed by atoms with Crippen LogP contribution < -0.4 is 5.32 Å². The van der Waals surface area contributed by atoms with Gasteiger partial charge in [-0.1, -0.05) is 46.7 Å². The number of nitrogens with zero attached hydrogens (tertiary/aromatic N) is 3. The monoisotopic (exact) mass is 446 g/mol. The summed E-state index contributed by atoms with van der Waals surface area (Å²) >= 11 is 13.2. The van der Waals surface area contributed by atoms with E-state index in [1.807, 2.05) is 0 Å². The Morgan fingerprint density at radius 3 is 2.59 bits per heavy atom. The van der Waals surface area contributed by atoms with E-state index in [-0.39, 0.29) is 22.9 Å². The first-order chi connectivity index (χ1) is 14.0. The van der Waals surface area contributed by atoms with Gasteiger partial charge in [0.25, 0.3) is 11.8 Å². The van der Waals surface area contributed by atoms with Crippen molar-refractivity contribution in [2.45, 2.75) is 18.9 Å². The Balaban J connectivity index is 1.50. The van der Waals surface area contributed by atoms with Gasteiger partial charge in [0.15, 0.2) is 0 Å². The summed E-state index contributed by atoms with van der Waals surface area (Å²) in [5.74, 6) is -0.461. The second kappa shape index (κ2) is 8.49. The average molecular weight is 447 g/mol. The molecule has 2 heterocycles. The quantitative estimate of drug-likeness (QED) is 0.606. The van der Waals surface area contributed by atoms with Gasteiger partial charge in [0, 0.05) is 27.8 Å². The van der Waals surface area contributed by atoms with Crippen LogP contribution in [0, 0.1) is 0 Å². The van der Waals surface area contributed by atoms with Gasteiger partial charge in [-0.3, -0.25) is 9.59 Å². The largest absolute Gasteiger partial charge is 0.329 e. The van der Waals surface area contributed by atoms with Gasteiger partial charge < -0.3 is 10.2 Å². The van der Waals surface area contributed by atoms with E-state index < -0.39 is 0 Å². The molecule has 3 aromatic rings. The first kappa shape index (κ1) is 19.8. The lowest BCUT2D eigenvalue weighted by molar-refractivity contribution is 0.0735. The molecule has 1 fully saturated rings. The number of hydrogen-bond acceptors (Lipinski definition) is 5. The highest BCUT2D eigenvalue weighted by molar-refractivity contribution is 7.13. The van der Waals surface area contributed by atoms with Gasteiger partial charge in [-0.25, -0.2) is 0 Å². The van der Waals surface area contributed by atoms with E-state index in [4.69, 9.17) is 23.2 Å². The van der Waals surface area contributed by atoms with Crippen LogP contribution in [-0.2, 0) is 0 Å². The first-order valence-corrected chi connectivity index (χ1v) is 10.6. The fourth-order valence-corrected chi connectivity index (χ4v) is 4.53. The molecule has 148 valence electrons. The number of carbonyl (C=O) groups is 2. The zero-order valence-electron chi connectivity index (χ0n) is 15.1. The molecule has 0 spiro atoms. The molecule has 1 saturated heterocycles. The van der Waals surface area contributed by atoms with Gasteiger partial charge in [0.2, 0.25) is 5.01 Å². The molecule has 1 N–H and O–H groups in total. The fraction of sp³-hybridized carbons (Fsp3) is 0.200. The van der Waals surface area contributed by atoms with Crippen molar-refractivity contribution in [1.29, 1.82) is 0 Å². The molecule has 4 rings (SSSR count). The van der Waals surface area contributed by atoms with E-state index in [2.05, 4.69) is 15.5 Å². The zero-order valence-corrected chi connectivity index (χ0v) is 17.5. The Morgan fingerprint density at radius 2 is 1.83 bits per heavy atom. The van der Waals surface area contributed by atoms with Crippen LogP contribution in [0.5, 0.6) is 0 Å². The van der Waals surface area contributed by atoms with Crippen molar-refractivity contribution in [3.63, 3.8) is 0 Å². The summed E-state index contributed by atoms with van der Waals surface area (Å²) in [6, 6.07) is 13.6. The number of hydrogen-bond donors (Lipinski definition) is 1. The van der Waals surface area contributed by atoms with E-state index in [9.17, 15) is 9.59 Å². The Hall–Kier alpha value is -2.48. The molecule has 6 nitrogen and oxygen atoms in total. The van der Waals surface area contributed by atoms with Crippen molar-refractivity contribution < 1.29 is 9.59 Å². The Bertz CT molecular complexity index is 1070. The van der Waals surface area contributed by atoms with Crippen molar-refractivity contribution in [2.75, 3.05) is 11.9 Å². The number of aromatic nitrogens is 2. The van der Waals surface area contributed by atoms with E-state index in [0.717, 1.165) is 12.8 Å². The van der Waals surface area contributed by atoms with Crippen LogP contribution in [0.25, 0.3) is 0 Å². The van der Waals surface area contributed by atoms with Crippen LogP contribution >= 0.6 is 34.5 Å². The third-order valence-corrected chi connectivity index (χ3v) is 6.08. The van der Waals surface area contributed by atoms with E-state index >= 15 is 0 Å². The van der Waals surface area contributed by atoms with Gasteiger partial charge in [0.05, 0.1) is 6.04 Å². The van der Waals surface area contributed by atoms with E-state index in [1.165, 1.54) is 11.3 Å². The lowest BCUT2D eigenvalue weighted by atomic mass is 10.1. The van der Waals surface area contributed by atoms with Gasteiger partial charge >= 0.3 is 0 Å². The van der Waals surface area contributed by atoms with E-state index in [1.54, 1.807) is 53.4 Å². The predicted octanol–water partition coefficient (Wildman–Crippen LogP) is 5.07. The maximum atomic E-state index is 12.9. The maximum Gasteiger partial charge on any atom is 0.286 e. The predicted molar refractivity (Wildman–Crippen MR) is 114 cm³/mol. The summed E-state index contributed by atoms with van der Waals surface area (Å²) in [4.78, 5) is 27.2.